The number of amides is 2. The minimum absolute atomic E-state index is 0.0264. The fourth-order valence-electron chi connectivity index (χ4n) is 3.34. The summed E-state index contributed by atoms with van der Waals surface area (Å²) in [6.45, 7) is 3.96. The minimum Gasteiger partial charge on any atom is -0.492 e. The number of piperidine rings is 1. The van der Waals surface area contributed by atoms with Gasteiger partial charge in [0.25, 0.3) is 5.91 Å². The van der Waals surface area contributed by atoms with Crippen LogP contribution < -0.4 is 10.1 Å². The van der Waals surface area contributed by atoms with Crippen molar-refractivity contribution in [3.05, 3.63) is 64.7 Å². The lowest BCUT2D eigenvalue weighted by Crippen LogP contribution is -2.46. The summed E-state index contributed by atoms with van der Waals surface area (Å²) in [5.74, 6) is 0.522. The van der Waals surface area contributed by atoms with Crippen LogP contribution in [0.25, 0.3) is 0 Å². The zero-order valence-corrected chi connectivity index (χ0v) is 16.7. The molecule has 0 radical (unpaired) electrons. The summed E-state index contributed by atoms with van der Waals surface area (Å²) in [5.41, 5.74) is 1.73. The Labute approximate surface area is 170 Å². The second-order valence-corrected chi connectivity index (χ2v) is 7.49. The third-order valence-corrected chi connectivity index (χ3v) is 5.08. The molecule has 0 aliphatic carbocycles. The van der Waals surface area contributed by atoms with Gasteiger partial charge in [-0.25, -0.2) is 0 Å². The molecule has 0 spiro atoms. The van der Waals surface area contributed by atoms with E-state index < -0.39 is 0 Å². The number of likely N-dealkylation sites (tertiary alicyclic amines) is 1. The van der Waals surface area contributed by atoms with Gasteiger partial charge in [-0.1, -0.05) is 23.7 Å². The lowest BCUT2D eigenvalue weighted by atomic mass is 9.96. The van der Waals surface area contributed by atoms with Crippen LogP contribution in [0.15, 0.2) is 48.5 Å². The van der Waals surface area contributed by atoms with Crippen LogP contribution in [-0.2, 0) is 4.79 Å². The molecule has 1 fully saturated rings. The van der Waals surface area contributed by atoms with Crippen LogP contribution in [0.4, 0.5) is 0 Å². The predicted octanol–water partition coefficient (Wildman–Crippen LogP) is 3.70. The highest BCUT2D eigenvalue weighted by atomic mass is 35.5. The number of nitrogens with zero attached hydrogens (tertiary/aromatic N) is 1. The maximum absolute atomic E-state index is 12.7. The summed E-state index contributed by atoms with van der Waals surface area (Å²) >= 11 is 5.89. The molecule has 0 saturated carbocycles. The molecule has 28 heavy (non-hydrogen) atoms. The van der Waals surface area contributed by atoms with E-state index in [1.807, 2.05) is 31.2 Å². The average Bonchev–Trinajstić information content (AvgIpc) is 2.71. The molecule has 2 aromatic carbocycles. The summed E-state index contributed by atoms with van der Waals surface area (Å²) < 4.78 is 5.66. The van der Waals surface area contributed by atoms with Gasteiger partial charge < -0.3 is 15.0 Å². The maximum atomic E-state index is 12.7. The topological polar surface area (TPSA) is 58.6 Å². The lowest BCUT2D eigenvalue weighted by molar-refractivity contribution is -0.126. The normalized spacial score (nSPS) is 16.5. The van der Waals surface area contributed by atoms with Crippen molar-refractivity contribution in [3.63, 3.8) is 0 Å². The predicted molar refractivity (Wildman–Crippen MR) is 110 cm³/mol. The molecule has 1 atom stereocenters. The summed E-state index contributed by atoms with van der Waals surface area (Å²) in [4.78, 5) is 26.9. The van der Waals surface area contributed by atoms with Crippen LogP contribution in [0.3, 0.4) is 0 Å². The van der Waals surface area contributed by atoms with Gasteiger partial charge in [-0.05, 0) is 61.7 Å². The van der Waals surface area contributed by atoms with E-state index >= 15 is 0 Å². The van der Waals surface area contributed by atoms with E-state index in [9.17, 15) is 9.59 Å². The first kappa shape index (κ1) is 20.2. The van der Waals surface area contributed by atoms with Gasteiger partial charge in [0, 0.05) is 23.7 Å². The van der Waals surface area contributed by atoms with Crippen molar-refractivity contribution < 1.29 is 14.3 Å². The van der Waals surface area contributed by atoms with Gasteiger partial charge in [-0.15, -0.1) is 0 Å². The van der Waals surface area contributed by atoms with Crippen molar-refractivity contribution in [2.75, 3.05) is 26.2 Å². The van der Waals surface area contributed by atoms with Gasteiger partial charge in [0.2, 0.25) is 5.91 Å². The molecule has 0 unspecified atom stereocenters. The van der Waals surface area contributed by atoms with E-state index in [4.69, 9.17) is 16.3 Å². The van der Waals surface area contributed by atoms with E-state index in [1.165, 1.54) is 0 Å². The molecule has 1 heterocycles. The van der Waals surface area contributed by atoms with E-state index in [2.05, 4.69) is 5.32 Å². The van der Waals surface area contributed by atoms with Crippen molar-refractivity contribution in [1.29, 1.82) is 0 Å². The lowest BCUT2D eigenvalue weighted by Gasteiger charge is -2.32. The Bertz CT molecular complexity index is 823. The van der Waals surface area contributed by atoms with Gasteiger partial charge in [0.1, 0.15) is 12.4 Å². The first-order valence-electron chi connectivity index (χ1n) is 9.55. The largest absolute Gasteiger partial charge is 0.492 e. The molecule has 1 saturated heterocycles. The highest BCUT2D eigenvalue weighted by molar-refractivity contribution is 6.30. The summed E-state index contributed by atoms with van der Waals surface area (Å²) in [5, 5.41) is 3.52. The van der Waals surface area contributed by atoms with Crippen molar-refractivity contribution in [1.82, 2.24) is 10.2 Å². The quantitative estimate of drug-likeness (QED) is 0.752. The molecule has 148 valence electrons. The van der Waals surface area contributed by atoms with E-state index in [1.54, 1.807) is 29.2 Å². The number of benzene rings is 2. The zero-order valence-electron chi connectivity index (χ0n) is 16.0. The zero-order chi connectivity index (χ0) is 19.9. The van der Waals surface area contributed by atoms with Gasteiger partial charge in [-0.3, -0.25) is 9.59 Å². The van der Waals surface area contributed by atoms with E-state index in [-0.39, 0.29) is 17.7 Å². The van der Waals surface area contributed by atoms with Crippen LogP contribution in [0.2, 0.25) is 5.02 Å². The summed E-state index contributed by atoms with van der Waals surface area (Å²) in [6, 6.07) is 14.7. The number of aryl methyl sites for hydroxylation is 1. The molecule has 6 heteroatoms. The molecule has 1 N–H and O–H groups in total. The maximum Gasteiger partial charge on any atom is 0.253 e. The summed E-state index contributed by atoms with van der Waals surface area (Å²) in [7, 11) is 0. The van der Waals surface area contributed by atoms with Gasteiger partial charge >= 0.3 is 0 Å². The molecule has 0 aromatic heterocycles. The molecule has 5 nitrogen and oxygen atoms in total. The van der Waals surface area contributed by atoms with Gasteiger partial charge in [0.05, 0.1) is 12.5 Å². The number of ether oxygens (including phenoxy) is 1. The highest BCUT2D eigenvalue weighted by Gasteiger charge is 2.28. The summed E-state index contributed by atoms with van der Waals surface area (Å²) in [6.07, 6.45) is 1.60. The number of rotatable bonds is 6. The Morgan fingerprint density at radius 2 is 2.00 bits per heavy atom. The van der Waals surface area contributed by atoms with Crippen LogP contribution in [-0.4, -0.2) is 43.0 Å². The monoisotopic (exact) mass is 400 g/mol. The molecular formula is C22H25ClN2O3. The Morgan fingerprint density at radius 3 is 2.75 bits per heavy atom. The Balaban J connectivity index is 1.46. The van der Waals surface area contributed by atoms with Crippen molar-refractivity contribution >= 4 is 23.4 Å². The Kier molecular flexibility index (Phi) is 6.93. The van der Waals surface area contributed by atoms with Crippen molar-refractivity contribution in [3.8, 4) is 5.75 Å². The number of halogens is 1. The first-order valence-corrected chi connectivity index (χ1v) is 9.93. The van der Waals surface area contributed by atoms with Crippen molar-refractivity contribution in [2.45, 2.75) is 19.8 Å². The van der Waals surface area contributed by atoms with E-state index in [0.29, 0.717) is 36.8 Å². The number of carbonyl (C=O) groups excluding carboxylic acids is 2. The number of hydrogen-bond donors (Lipinski definition) is 1. The highest BCUT2D eigenvalue weighted by Crippen LogP contribution is 2.20. The van der Waals surface area contributed by atoms with Gasteiger partial charge in [0.15, 0.2) is 0 Å². The van der Waals surface area contributed by atoms with Crippen molar-refractivity contribution in [2.24, 2.45) is 5.92 Å². The second-order valence-electron chi connectivity index (χ2n) is 7.05. The fraction of sp³-hybridized carbons (Fsp3) is 0.364. The molecule has 1 aliphatic heterocycles. The Hall–Kier alpha value is -2.53. The number of carbonyl (C=O) groups is 2. The third-order valence-electron chi connectivity index (χ3n) is 4.83. The molecule has 2 amide bonds. The third kappa shape index (κ3) is 5.49. The first-order chi connectivity index (χ1) is 13.5. The van der Waals surface area contributed by atoms with Gasteiger partial charge in [-0.2, -0.15) is 0 Å². The van der Waals surface area contributed by atoms with Crippen LogP contribution in [0, 0.1) is 12.8 Å². The smallest absolute Gasteiger partial charge is 0.253 e. The average molecular weight is 401 g/mol. The molecular weight excluding hydrogens is 376 g/mol. The SMILES string of the molecule is Cc1cccc(OCCNC(=O)[C@@H]2CCCN(C(=O)c3ccc(Cl)cc3)C2)c1. The minimum atomic E-state index is -0.191. The van der Waals surface area contributed by atoms with Crippen LogP contribution in [0.1, 0.15) is 28.8 Å². The number of nitrogens with one attached hydrogen (secondary N) is 1. The molecule has 0 bridgehead atoms. The molecule has 2 aromatic rings. The van der Waals surface area contributed by atoms with Crippen LogP contribution >= 0.6 is 11.6 Å². The molecule has 3 rings (SSSR count). The Morgan fingerprint density at radius 1 is 1.21 bits per heavy atom. The number of hydrogen-bond acceptors (Lipinski definition) is 3. The van der Waals surface area contributed by atoms with E-state index in [0.717, 1.165) is 24.2 Å². The molecule has 1 aliphatic rings. The standard InChI is InChI=1S/C22H25ClN2O3/c1-16-4-2-6-20(14-16)28-13-11-24-21(26)18-5-3-12-25(15-18)22(27)17-7-9-19(23)10-8-17/h2,4,6-10,14,18H,3,5,11-13,15H2,1H3,(H,24,26)/t18-/m1/s1. The van der Waals surface area contributed by atoms with Crippen LogP contribution in [0.5, 0.6) is 5.75 Å². The fourth-order valence-corrected chi connectivity index (χ4v) is 3.47. The second kappa shape index (κ2) is 9.60.